The van der Waals surface area contributed by atoms with Crippen molar-refractivity contribution in [1.29, 1.82) is 0 Å². The Labute approximate surface area is 141 Å². The number of nitrogens with zero attached hydrogens (tertiary/aromatic N) is 2. The number of benzene rings is 2. The lowest BCUT2D eigenvalue weighted by molar-refractivity contribution is -0.137. The Hall–Kier alpha value is -3.15. The van der Waals surface area contributed by atoms with Crippen molar-refractivity contribution in [1.82, 2.24) is 5.43 Å². The van der Waals surface area contributed by atoms with Crippen molar-refractivity contribution < 1.29 is 9.59 Å². The third kappa shape index (κ3) is 4.95. The van der Waals surface area contributed by atoms with Crippen molar-refractivity contribution in [3.8, 4) is 0 Å². The van der Waals surface area contributed by atoms with Gasteiger partial charge in [0.05, 0.1) is 6.21 Å². The van der Waals surface area contributed by atoms with E-state index in [2.05, 4.69) is 34.5 Å². The molecule has 0 bridgehead atoms. The van der Waals surface area contributed by atoms with E-state index in [1.807, 2.05) is 42.5 Å². The number of hydrogen-bond donors (Lipinski definition) is 2. The van der Waals surface area contributed by atoms with Crippen LogP contribution in [0.4, 0.5) is 5.69 Å². The summed E-state index contributed by atoms with van der Waals surface area (Å²) in [5, 5.41) is 3.69. The molecule has 0 radical (unpaired) electrons. The maximum atomic E-state index is 11.0. The molecule has 6 heteroatoms. The normalized spacial score (nSPS) is 10.5. The van der Waals surface area contributed by atoms with Gasteiger partial charge in [0.1, 0.15) is 0 Å². The molecule has 2 aromatic rings. The number of hydrazone groups is 1. The molecule has 0 atom stereocenters. The van der Waals surface area contributed by atoms with Gasteiger partial charge in [0.25, 0.3) is 0 Å². The highest BCUT2D eigenvalue weighted by Gasteiger charge is 2.06. The smallest absolute Gasteiger partial charge is 0.329 e. The van der Waals surface area contributed by atoms with E-state index in [9.17, 15) is 9.59 Å². The number of carbonyl (C=O) groups is 2. The van der Waals surface area contributed by atoms with Gasteiger partial charge in [-0.1, -0.05) is 42.5 Å². The first-order chi connectivity index (χ1) is 11.6. The van der Waals surface area contributed by atoms with E-state index in [4.69, 9.17) is 5.73 Å². The first-order valence-corrected chi connectivity index (χ1v) is 7.62. The van der Waals surface area contributed by atoms with Crippen molar-refractivity contribution >= 4 is 23.7 Å². The van der Waals surface area contributed by atoms with Gasteiger partial charge >= 0.3 is 11.8 Å². The number of nitrogens with one attached hydrogen (secondary N) is 1. The van der Waals surface area contributed by atoms with E-state index >= 15 is 0 Å². The Morgan fingerprint density at radius 1 is 1.12 bits per heavy atom. The van der Waals surface area contributed by atoms with Crippen LogP contribution >= 0.6 is 0 Å². The molecule has 0 fully saturated rings. The predicted molar refractivity (Wildman–Crippen MR) is 94.5 cm³/mol. The number of rotatable bonds is 6. The minimum Gasteiger partial charge on any atom is -0.367 e. The zero-order valence-electron chi connectivity index (χ0n) is 13.5. The van der Waals surface area contributed by atoms with Gasteiger partial charge in [0.15, 0.2) is 0 Å². The zero-order valence-corrected chi connectivity index (χ0v) is 13.5. The van der Waals surface area contributed by atoms with Gasteiger partial charge in [0, 0.05) is 18.8 Å². The molecular formula is C18H20N4O2. The Balaban J connectivity index is 2.00. The highest BCUT2D eigenvalue weighted by Crippen LogP contribution is 2.17. The van der Waals surface area contributed by atoms with Crippen LogP contribution in [0.2, 0.25) is 0 Å². The van der Waals surface area contributed by atoms with Gasteiger partial charge in [-0.2, -0.15) is 5.10 Å². The Kier molecular flexibility index (Phi) is 6.08. The molecule has 2 rings (SSSR count). The van der Waals surface area contributed by atoms with E-state index in [1.165, 1.54) is 11.8 Å². The van der Waals surface area contributed by atoms with Gasteiger partial charge < -0.3 is 10.6 Å². The summed E-state index contributed by atoms with van der Waals surface area (Å²) in [4.78, 5) is 23.8. The average Bonchev–Trinajstić information content (AvgIpc) is 2.61. The summed E-state index contributed by atoms with van der Waals surface area (Å²) in [5.74, 6) is -2.01. The fourth-order valence-electron chi connectivity index (χ4n) is 2.18. The Morgan fingerprint density at radius 3 is 2.38 bits per heavy atom. The summed E-state index contributed by atoms with van der Waals surface area (Å²) in [6.07, 6.45) is 1.46. The molecule has 0 aliphatic rings. The summed E-state index contributed by atoms with van der Waals surface area (Å²) in [6.45, 7) is 3.83. The van der Waals surface area contributed by atoms with E-state index < -0.39 is 11.8 Å². The number of primary amides is 1. The maximum absolute atomic E-state index is 11.0. The highest BCUT2D eigenvalue weighted by atomic mass is 16.2. The number of amides is 2. The van der Waals surface area contributed by atoms with Crippen molar-refractivity contribution in [3.05, 3.63) is 65.7 Å². The summed E-state index contributed by atoms with van der Waals surface area (Å²) >= 11 is 0. The third-order valence-corrected chi connectivity index (χ3v) is 3.46. The van der Waals surface area contributed by atoms with Gasteiger partial charge in [-0.3, -0.25) is 9.59 Å². The predicted octanol–water partition coefficient (Wildman–Crippen LogP) is 1.65. The van der Waals surface area contributed by atoms with Crippen LogP contribution < -0.4 is 16.1 Å². The van der Waals surface area contributed by atoms with Gasteiger partial charge in [-0.05, 0) is 30.2 Å². The maximum Gasteiger partial charge on any atom is 0.329 e. The van der Waals surface area contributed by atoms with Gasteiger partial charge in [0.2, 0.25) is 0 Å². The number of hydrogen-bond acceptors (Lipinski definition) is 4. The zero-order chi connectivity index (χ0) is 17.4. The Morgan fingerprint density at radius 2 is 1.79 bits per heavy atom. The fraction of sp³-hybridized carbons (Fsp3) is 0.167. The SMILES string of the molecule is CCN(Cc1ccccc1)c1ccc(C=NNC(=O)C(N)=O)cc1. The topological polar surface area (TPSA) is 87.8 Å². The van der Waals surface area contributed by atoms with Crippen LogP contribution in [0.3, 0.4) is 0 Å². The molecule has 0 saturated carbocycles. The minimum atomic E-state index is -1.07. The first kappa shape index (κ1) is 17.2. The van der Waals surface area contributed by atoms with Gasteiger partial charge in [-0.15, -0.1) is 0 Å². The second-order valence-corrected chi connectivity index (χ2v) is 5.15. The van der Waals surface area contributed by atoms with E-state index in [0.717, 1.165) is 24.3 Å². The van der Waals surface area contributed by atoms with Crippen LogP contribution in [0.1, 0.15) is 18.1 Å². The molecule has 0 aliphatic carbocycles. The molecule has 6 nitrogen and oxygen atoms in total. The molecule has 0 heterocycles. The molecule has 124 valence electrons. The summed E-state index contributed by atoms with van der Waals surface area (Å²) in [7, 11) is 0. The molecular weight excluding hydrogens is 304 g/mol. The number of carbonyl (C=O) groups excluding carboxylic acids is 2. The molecule has 0 saturated heterocycles. The van der Waals surface area contributed by atoms with Crippen molar-refractivity contribution in [2.75, 3.05) is 11.4 Å². The van der Waals surface area contributed by atoms with Crippen LogP contribution in [-0.4, -0.2) is 24.6 Å². The lowest BCUT2D eigenvalue weighted by Crippen LogP contribution is -2.32. The van der Waals surface area contributed by atoms with E-state index in [1.54, 1.807) is 0 Å². The van der Waals surface area contributed by atoms with E-state index in [0.29, 0.717) is 0 Å². The minimum absolute atomic E-state index is 0.805. The van der Waals surface area contributed by atoms with Crippen LogP contribution in [-0.2, 0) is 16.1 Å². The van der Waals surface area contributed by atoms with Crippen LogP contribution in [0.25, 0.3) is 0 Å². The largest absolute Gasteiger partial charge is 0.367 e. The number of nitrogens with two attached hydrogens (primary N) is 1. The first-order valence-electron chi connectivity index (χ1n) is 7.62. The quantitative estimate of drug-likeness (QED) is 0.481. The monoisotopic (exact) mass is 324 g/mol. The standard InChI is InChI=1S/C18H20N4O2/c1-2-22(13-15-6-4-3-5-7-15)16-10-8-14(9-11-16)12-20-21-18(24)17(19)23/h3-12H,2,13H2,1H3,(H2,19,23)(H,21,24). The van der Waals surface area contributed by atoms with Crippen molar-refractivity contribution in [2.45, 2.75) is 13.5 Å². The molecule has 2 amide bonds. The second kappa shape index (κ2) is 8.47. The average molecular weight is 324 g/mol. The molecule has 2 aromatic carbocycles. The molecule has 3 N–H and O–H groups in total. The van der Waals surface area contributed by atoms with Crippen LogP contribution in [0.5, 0.6) is 0 Å². The lowest BCUT2D eigenvalue weighted by atomic mass is 10.1. The van der Waals surface area contributed by atoms with Crippen LogP contribution in [0, 0.1) is 0 Å². The summed E-state index contributed by atoms with van der Waals surface area (Å²) < 4.78 is 0. The van der Waals surface area contributed by atoms with E-state index in [-0.39, 0.29) is 0 Å². The Bertz CT molecular complexity index is 712. The highest BCUT2D eigenvalue weighted by molar-refractivity contribution is 6.34. The van der Waals surface area contributed by atoms with Gasteiger partial charge in [-0.25, -0.2) is 5.43 Å². The summed E-state index contributed by atoms with van der Waals surface area (Å²) in [5.41, 5.74) is 10.0. The second-order valence-electron chi connectivity index (χ2n) is 5.15. The van der Waals surface area contributed by atoms with Crippen molar-refractivity contribution in [2.24, 2.45) is 10.8 Å². The van der Waals surface area contributed by atoms with Crippen LogP contribution in [0.15, 0.2) is 59.7 Å². The lowest BCUT2D eigenvalue weighted by Gasteiger charge is -2.23. The molecule has 0 aliphatic heterocycles. The fourth-order valence-corrected chi connectivity index (χ4v) is 2.18. The molecule has 24 heavy (non-hydrogen) atoms. The summed E-state index contributed by atoms with van der Waals surface area (Å²) in [6, 6.07) is 18.0. The van der Waals surface area contributed by atoms with Crippen molar-refractivity contribution in [3.63, 3.8) is 0 Å². The number of anilines is 1. The third-order valence-electron chi connectivity index (χ3n) is 3.46. The molecule has 0 aromatic heterocycles. The molecule has 0 unspecified atom stereocenters. The molecule has 0 spiro atoms.